The second-order valence-corrected chi connectivity index (χ2v) is 5.81. The van der Waals surface area contributed by atoms with E-state index >= 15 is 0 Å². The van der Waals surface area contributed by atoms with Crippen molar-refractivity contribution >= 4 is 11.8 Å². The van der Waals surface area contributed by atoms with Gasteiger partial charge in [-0.2, -0.15) is 0 Å². The minimum atomic E-state index is 0.0259. The smallest absolute Gasteiger partial charge is 0.221 e. The van der Waals surface area contributed by atoms with Crippen LogP contribution in [0.3, 0.4) is 0 Å². The van der Waals surface area contributed by atoms with Crippen LogP contribution in [0, 0.1) is 18.3 Å². The van der Waals surface area contributed by atoms with Crippen LogP contribution >= 0.6 is 0 Å². The Labute approximate surface area is 148 Å². The highest BCUT2D eigenvalue weighted by Crippen LogP contribution is 1.99. The molecule has 0 saturated heterocycles. The van der Waals surface area contributed by atoms with Gasteiger partial charge in [0.15, 0.2) is 0 Å². The minimum absolute atomic E-state index is 0.0259. The van der Waals surface area contributed by atoms with Gasteiger partial charge in [0.1, 0.15) is 0 Å². The molecule has 24 heavy (non-hydrogen) atoms. The Kier molecular flexibility index (Phi) is 17.5. The lowest BCUT2D eigenvalue weighted by Crippen LogP contribution is -2.34. The summed E-state index contributed by atoms with van der Waals surface area (Å²) >= 11 is 0. The van der Waals surface area contributed by atoms with Crippen molar-refractivity contribution in [2.75, 3.05) is 19.6 Å². The zero-order valence-corrected chi connectivity index (χ0v) is 16.0. The van der Waals surface area contributed by atoms with E-state index in [1.54, 1.807) is 17.9 Å². The fraction of sp³-hybridized carbons (Fsp3) is 0.600. The molecule has 0 fully saturated rings. The molecule has 4 nitrogen and oxygen atoms in total. The van der Waals surface area contributed by atoms with Gasteiger partial charge in [0.25, 0.3) is 0 Å². The van der Waals surface area contributed by atoms with Crippen LogP contribution in [0.5, 0.6) is 0 Å². The lowest BCUT2D eigenvalue weighted by molar-refractivity contribution is -0.129. The number of nitrogens with one attached hydrogen (secondary N) is 1. The molecule has 2 amide bonds. The predicted molar refractivity (Wildman–Crippen MR) is 102 cm³/mol. The molecule has 0 aromatic rings. The average molecular weight is 335 g/mol. The Morgan fingerprint density at radius 2 is 1.88 bits per heavy atom. The van der Waals surface area contributed by atoms with Crippen molar-refractivity contribution in [3.8, 4) is 12.3 Å². The van der Waals surface area contributed by atoms with Gasteiger partial charge in [-0.15, -0.1) is 6.42 Å². The summed E-state index contributed by atoms with van der Waals surface area (Å²) < 4.78 is 0. The second-order valence-electron chi connectivity index (χ2n) is 5.81. The number of terminal acetylenes is 1. The van der Waals surface area contributed by atoms with Crippen LogP contribution in [0.2, 0.25) is 0 Å². The van der Waals surface area contributed by atoms with Crippen molar-refractivity contribution < 1.29 is 9.59 Å². The van der Waals surface area contributed by atoms with Crippen LogP contribution in [0.1, 0.15) is 53.9 Å². The van der Waals surface area contributed by atoms with E-state index < -0.39 is 0 Å². The van der Waals surface area contributed by atoms with Crippen molar-refractivity contribution in [3.05, 3.63) is 24.3 Å². The van der Waals surface area contributed by atoms with Crippen molar-refractivity contribution in [1.82, 2.24) is 10.2 Å². The fourth-order valence-electron chi connectivity index (χ4n) is 1.75. The molecule has 0 heterocycles. The molecule has 0 unspecified atom stereocenters. The Balaban J connectivity index is 0. The molecule has 1 N–H and O–H groups in total. The van der Waals surface area contributed by atoms with Crippen LogP contribution in [0.4, 0.5) is 0 Å². The maximum Gasteiger partial charge on any atom is 0.221 e. The van der Waals surface area contributed by atoms with Crippen molar-refractivity contribution in [2.45, 2.75) is 53.9 Å². The molecule has 0 aliphatic heterocycles. The van der Waals surface area contributed by atoms with E-state index in [4.69, 9.17) is 6.42 Å². The molecular weight excluding hydrogens is 300 g/mol. The fourth-order valence-corrected chi connectivity index (χ4v) is 1.75. The SMILES string of the molecule is C#C/C=C\C.C/C=C\CCN(CCC(=O)NCCC(C)C)C(C)=O. The molecule has 4 heteroatoms. The summed E-state index contributed by atoms with van der Waals surface area (Å²) in [5.74, 6) is 2.98. The third kappa shape index (κ3) is 18.0. The minimum Gasteiger partial charge on any atom is -0.356 e. The zero-order valence-electron chi connectivity index (χ0n) is 16.0. The van der Waals surface area contributed by atoms with Crippen LogP contribution in [0.15, 0.2) is 24.3 Å². The zero-order chi connectivity index (χ0) is 18.8. The van der Waals surface area contributed by atoms with E-state index in [1.807, 2.05) is 32.1 Å². The summed E-state index contributed by atoms with van der Waals surface area (Å²) in [6, 6.07) is 0. The number of hydrogen-bond acceptors (Lipinski definition) is 2. The average Bonchev–Trinajstić information content (AvgIpc) is 2.51. The normalized spacial score (nSPS) is 10.4. The first-order valence-electron chi connectivity index (χ1n) is 8.59. The Bertz CT molecular complexity index is 431. The molecule has 0 aliphatic rings. The summed E-state index contributed by atoms with van der Waals surface area (Å²) in [6.45, 7) is 11.6. The highest BCUT2D eigenvalue weighted by atomic mass is 16.2. The van der Waals surface area contributed by atoms with Crippen LogP contribution in [-0.2, 0) is 9.59 Å². The summed E-state index contributed by atoms with van der Waals surface area (Å²) in [5, 5.41) is 2.88. The number of carbonyl (C=O) groups is 2. The Hall–Kier alpha value is -2.02. The van der Waals surface area contributed by atoms with Gasteiger partial charge in [-0.1, -0.05) is 38.0 Å². The highest BCUT2D eigenvalue weighted by Gasteiger charge is 2.10. The molecule has 0 aromatic heterocycles. The first kappa shape index (κ1) is 24.2. The quantitative estimate of drug-likeness (QED) is 0.518. The van der Waals surface area contributed by atoms with Crippen LogP contribution in [-0.4, -0.2) is 36.3 Å². The molecule has 0 bridgehead atoms. The molecule has 0 saturated carbocycles. The molecule has 0 aliphatic carbocycles. The monoisotopic (exact) mass is 334 g/mol. The number of hydrogen-bond donors (Lipinski definition) is 1. The van der Waals surface area contributed by atoms with Gasteiger partial charge in [0, 0.05) is 33.0 Å². The van der Waals surface area contributed by atoms with Crippen LogP contribution in [0.25, 0.3) is 0 Å². The maximum atomic E-state index is 11.6. The Morgan fingerprint density at radius 3 is 2.29 bits per heavy atom. The van der Waals surface area contributed by atoms with Gasteiger partial charge in [0.05, 0.1) is 0 Å². The topological polar surface area (TPSA) is 49.4 Å². The van der Waals surface area contributed by atoms with E-state index in [0.717, 1.165) is 19.4 Å². The third-order valence-corrected chi connectivity index (χ3v) is 3.16. The van der Waals surface area contributed by atoms with E-state index in [9.17, 15) is 9.59 Å². The van der Waals surface area contributed by atoms with Crippen molar-refractivity contribution in [3.63, 3.8) is 0 Å². The number of allylic oxidation sites excluding steroid dienone is 3. The number of carbonyl (C=O) groups excluding carboxylic acids is 2. The van der Waals surface area contributed by atoms with Crippen molar-refractivity contribution in [2.24, 2.45) is 5.92 Å². The molecule has 0 aromatic carbocycles. The van der Waals surface area contributed by atoms with Gasteiger partial charge >= 0.3 is 0 Å². The predicted octanol–water partition coefficient (Wildman–Crippen LogP) is 3.55. The second kappa shape index (κ2) is 17.3. The first-order valence-corrected chi connectivity index (χ1v) is 8.59. The van der Waals surface area contributed by atoms with E-state index in [1.165, 1.54) is 0 Å². The number of nitrogens with zero attached hydrogens (tertiary/aromatic N) is 1. The lowest BCUT2D eigenvalue weighted by Gasteiger charge is -2.20. The standard InChI is InChI=1S/C15H28N2O2.C5H6/c1-5-6-7-11-17(14(4)18)12-9-15(19)16-10-8-13(2)3;1-3-5-4-2/h5-6,13H,7-12H2,1-4H3,(H,16,19);1,4-5H,2H3/b6-5-;5-4-. The molecule has 0 spiro atoms. The molecule has 0 radical (unpaired) electrons. The molecular formula is C20H34N2O2. The van der Waals surface area contributed by atoms with E-state index in [0.29, 0.717) is 25.4 Å². The van der Waals surface area contributed by atoms with Gasteiger partial charge < -0.3 is 10.2 Å². The largest absolute Gasteiger partial charge is 0.356 e. The molecule has 136 valence electrons. The Morgan fingerprint density at radius 1 is 1.21 bits per heavy atom. The summed E-state index contributed by atoms with van der Waals surface area (Å²) in [7, 11) is 0. The molecule has 0 atom stereocenters. The van der Waals surface area contributed by atoms with Gasteiger partial charge in [-0.05, 0) is 38.7 Å². The van der Waals surface area contributed by atoms with Gasteiger partial charge in [0.2, 0.25) is 11.8 Å². The maximum absolute atomic E-state index is 11.6. The molecule has 0 rings (SSSR count). The van der Waals surface area contributed by atoms with E-state index in [2.05, 4.69) is 25.1 Å². The van der Waals surface area contributed by atoms with E-state index in [-0.39, 0.29) is 11.8 Å². The summed E-state index contributed by atoms with van der Waals surface area (Å²) in [6.07, 6.45) is 14.5. The number of rotatable bonds is 9. The van der Waals surface area contributed by atoms with Gasteiger partial charge in [-0.3, -0.25) is 9.59 Å². The van der Waals surface area contributed by atoms with Crippen molar-refractivity contribution in [1.29, 1.82) is 0 Å². The van der Waals surface area contributed by atoms with Gasteiger partial charge in [-0.25, -0.2) is 0 Å². The lowest BCUT2D eigenvalue weighted by atomic mass is 10.1. The number of amides is 2. The summed E-state index contributed by atoms with van der Waals surface area (Å²) in [4.78, 5) is 24.8. The van der Waals surface area contributed by atoms with Crippen LogP contribution < -0.4 is 5.32 Å². The first-order chi connectivity index (χ1) is 11.4. The third-order valence-electron chi connectivity index (χ3n) is 3.16. The summed E-state index contributed by atoms with van der Waals surface area (Å²) in [5.41, 5.74) is 0. The highest BCUT2D eigenvalue weighted by molar-refractivity contribution is 5.77.